The van der Waals surface area contributed by atoms with E-state index in [4.69, 9.17) is 9.47 Å². The van der Waals surface area contributed by atoms with Crippen LogP contribution in [-0.2, 0) is 9.47 Å². The average Bonchev–Trinajstić information content (AvgIpc) is 2.47. The van der Waals surface area contributed by atoms with E-state index in [0.717, 1.165) is 24.2 Å². The minimum atomic E-state index is 0.0627. The van der Waals surface area contributed by atoms with E-state index < -0.39 is 0 Å². The zero-order chi connectivity index (χ0) is 14.4. The van der Waals surface area contributed by atoms with Crippen LogP contribution in [0.5, 0.6) is 0 Å². The SMILES string of the molecule is C[C@@H](CO[C@@H]1CCCCO1)CC(C)(C)C1SCCCS1. The minimum absolute atomic E-state index is 0.0627. The van der Waals surface area contributed by atoms with Crippen molar-refractivity contribution >= 4 is 23.5 Å². The van der Waals surface area contributed by atoms with Crippen molar-refractivity contribution in [2.24, 2.45) is 11.3 Å². The summed E-state index contributed by atoms with van der Waals surface area (Å²) < 4.78 is 12.3. The first kappa shape index (κ1) is 17.0. The fraction of sp³-hybridized carbons (Fsp3) is 1.00. The van der Waals surface area contributed by atoms with Gasteiger partial charge >= 0.3 is 0 Å². The molecule has 2 fully saturated rings. The first-order valence-corrected chi connectivity index (χ1v) is 10.1. The normalized spacial score (nSPS) is 27.4. The lowest BCUT2D eigenvalue weighted by Crippen LogP contribution is -2.31. The molecule has 0 aromatic rings. The Kier molecular flexibility index (Phi) is 7.05. The van der Waals surface area contributed by atoms with Gasteiger partial charge in [-0.1, -0.05) is 20.8 Å². The van der Waals surface area contributed by atoms with Gasteiger partial charge in [-0.25, -0.2) is 0 Å². The van der Waals surface area contributed by atoms with Crippen molar-refractivity contribution in [1.82, 2.24) is 0 Å². The monoisotopic (exact) mass is 318 g/mol. The summed E-state index contributed by atoms with van der Waals surface area (Å²) in [6.45, 7) is 8.89. The second kappa shape index (κ2) is 8.30. The predicted octanol–water partition coefficient (Wildman–Crippen LogP) is 4.78. The Balaban J connectivity index is 1.70. The Hall–Kier alpha value is 0.620. The molecule has 2 saturated heterocycles. The highest BCUT2D eigenvalue weighted by Crippen LogP contribution is 2.45. The second-order valence-electron chi connectivity index (χ2n) is 6.85. The number of hydrogen-bond acceptors (Lipinski definition) is 4. The van der Waals surface area contributed by atoms with Gasteiger partial charge in [0.1, 0.15) is 0 Å². The molecule has 2 rings (SSSR count). The molecule has 0 bridgehead atoms. The molecule has 0 spiro atoms. The molecule has 0 saturated carbocycles. The summed E-state index contributed by atoms with van der Waals surface area (Å²) in [6, 6.07) is 0. The van der Waals surface area contributed by atoms with E-state index in [-0.39, 0.29) is 6.29 Å². The molecule has 2 aliphatic heterocycles. The molecule has 0 amide bonds. The van der Waals surface area contributed by atoms with E-state index in [0.29, 0.717) is 11.3 Å². The standard InChI is InChI=1S/C16H30O2S2/c1-13(12-18-14-7-4-5-8-17-14)11-16(2,3)15-19-9-6-10-20-15/h13-15H,4-12H2,1-3H3/t13-,14-/m1/s1. The van der Waals surface area contributed by atoms with E-state index in [1.807, 2.05) is 0 Å². The van der Waals surface area contributed by atoms with Crippen molar-refractivity contribution < 1.29 is 9.47 Å². The summed E-state index contributed by atoms with van der Waals surface area (Å²) in [5.74, 6) is 3.28. The molecule has 0 aromatic heterocycles. The quantitative estimate of drug-likeness (QED) is 0.701. The van der Waals surface area contributed by atoms with Crippen LogP contribution in [-0.4, -0.2) is 35.6 Å². The van der Waals surface area contributed by atoms with Gasteiger partial charge in [-0.2, -0.15) is 0 Å². The third-order valence-corrected chi connectivity index (χ3v) is 7.79. The van der Waals surface area contributed by atoms with E-state index in [1.54, 1.807) is 0 Å². The molecule has 2 heterocycles. The summed E-state index contributed by atoms with van der Waals surface area (Å²) in [6.07, 6.45) is 6.19. The van der Waals surface area contributed by atoms with Gasteiger partial charge in [-0.15, -0.1) is 23.5 Å². The fourth-order valence-electron chi connectivity index (χ4n) is 3.11. The molecule has 2 nitrogen and oxygen atoms in total. The lowest BCUT2D eigenvalue weighted by molar-refractivity contribution is -0.169. The van der Waals surface area contributed by atoms with Crippen molar-refractivity contribution in [2.75, 3.05) is 24.7 Å². The molecule has 4 heteroatoms. The Morgan fingerprint density at radius 1 is 1.20 bits per heavy atom. The summed E-state index contributed by atoms with van der Waals surface area (Å²) in [4.78, 5) is 0. The van der Waals surface area contributed by atoms with Gasteiger partial charge in [-0.05, 0) is 54.9 Å². The van der Waals surface area contributed by atoms with Crippen molar-refractivity contribution in [3.8, 4) is 0 Å². The zero-order valence-corrected chi connectivity index (χ0v) is 14.9. The van der Waals surface area contributed by atoms with Crippen LogP contribution >= 0.6 is 23.5 Å². The van der Waals surface area contributed by atoms with Gasteiger partial charge in [0.15, 0.2) is 6.29 Å². The predicted molar refractivity (Wildman–Crippen MR) is 90.4 cm³/mol. The van der Waals surface area contributed by atoms with Crippen LogP contribution in [0.3, 0.4) is 0 Å². The number of hydrogen-bond donors (Lipinski definition) is 0. The van der Waals surface area contributed by atoms with E-state index in [1.165, 1.54) is 37.2 Å². The molecule has 20 heavy (non-hydrogen) atoms. The Morgan fingerprint density at radius 2 is 1.95 bits per heavy atom. The third kappa shape index (κ3) is 5.43. The van der Waals surface area contributed by atoms with Gasteiger partial charge in [-0.3, -0.25) is 0 Å². The van der Waals surface area contributed by atoms with Gasteiger partial charge in [0, 0.05) is 6.61 Å². The number of thioether (sulfide) groups is 2. The highest BCUT2D eigenvalue weighted by molar-refractivity contribution is 8.17. The van der Waals surface area contributed by atoms with Gasteiger partial charge in [0.25, 0.3) is 0 Å². The first-order chi connectivity index (χ1) is 9.58. The number of ether oxygens (including phenoxy) is 2. The van der Waals surface area contributed by atoms with E-state index in [2.05, 4.69) is 44.3 Å². The summed E-state index contributed by atoms with van der Waals surface area (Å²) >= 11 is 4.31. The minimum Gasteiger partial charge on any atom is -0.353 e. The Morgan fingerprint density at radius 3 is 2.60 bits per heavy atom. The fourth-order valence-corrected chi connectivity index (χ4v) is 6.40. The molecule has 2 aliphatic rings. The van der Waals surface area contributed by atoms with Crippen molar-refractivity contribution in [2.45, 2.75) is 63.7 Å². The summed E-state index contributed by atoms with van der Waals surface area (Å²) in [7, 11) is 0. The Labute approximate surface area is 133 Å². The molecule has 0 N–H and O–H groups in total. The summed E-state index contributed by atoms with van der Waals surface area (Å²) in [5.41, 5.74) is 0.395. The molecular formula is C16H30O2S2. The third-order valence-electron chi connectivity index (χ3n) is 4.04. The molecule has 0 unspecified atom stereocenters. The molecule has 0 radical (unpaired) electrons. The van der Waals surface area contributed by atoms with Crippen molar-refractivity contribution in [3.05, 3.63) is 0 Å². The van der Waals surface area contributed by atoms with Crippen LogP contribution in [0.4, 0.5) is 0 Å². The van der Waals surface area contributed by atoms with Crippen LogP contribution < -0.4 is 0 Å². The van der Waals surface area contributed by atoms with E-state index in [9.17, 15) is 0 Å². The van der Waals surface area contributed by atoms with Gasteiger partial charge in [0.05, 0.1) is 11.2 Å². The smallest absolute Gasteiger partial charge is 0.157 e. The molecule has 118 valence electrons. The maximum Gasteiger partial charge on any atom is 0.157 e. The summed E-state index contributed by atoms with van der Waals surface area (Å²) in [5, 5.41) is 0. The van der Waals surface area contributed by atoms with Crippen LogP contribution in [0.25, 0.3) is 0 Å². The molecule has 0 aromatic carbocycles. The lowest BCUT2D eigenvalue weighted by atomic mass is 9.85. The van der Waals surface area contributed by atoms with Crippen LogP contribution in [0.1, 0.15) is 52.9 Å². The maximum absolute atomic E-state index is 5.94. The maximum atomic E-state index is 5.94. The van der Waals surface area contributed by atoms with Crippen LogP contribution in [0.2, 0.25) is 0 Å². The van der Waals surface area contributed by atoms with E-state index >= 15 is 0 Å². The van der Waals surface area contributed by atoms with Crippen molar-refractivity contribution in [1.29, 1.82) is 0 Å². The average molecular weight is 319 g/mol. The zero-order valence-electron chi connectivity index (χ0n) is 13.2. The topological polar surface area (TPSA) is 18.5 Å². The van der Waals surface area contributed by atoms with Crippen LogP contribution in [0.15, 0.2) is 0 Å². The lowest BCUT2D eigenvalue weighted by Gasteiger charge is -2.38. The molecular weight excluding hydrogens is 288 g/mol. The Bertz CT molecular complexity index is 272. The van der Waals surface area contributed by atoms with Gasteiger partial charge < -0.3 is 9.47 Å². The second-order valence-corrected chi connectivity index (χ2v) is 9.58. The first-order valence-electron chi connectivity index (χ1n) is 8.04. The highest BCUT2D eigenvalue weighted by Gasteiger charge is 2.33. The van der Waals surface area contributed by atoms with Crippen molar-refractivity contribution in [3.63, 3.8) is 0 Å². The largest absolute Gasteiger partial charge is 0.353 e. The highest BCUT2D eigenvalue weighted by atomic mass is 32.2. The number of rotatable bonds is 6. The van der Waals surface area contributed by atoms with Gasteiger partial charge in [0.2, 0.25) is 0 Å². The molecule has 0 aliphatic carbocycles. The molecule has 2 atom stereocenters. The van der Waals surface area contributed by atoms with Crippen LogP contribution in [0, 0.1) is 11.3 Å².